The average Bonchev–Trinajstić information content (AvgIpc) is 3.06. The van der Waals surface area contributed by atoms with Crippen molar-refractivity contribution in [2.45, 2.75) is 52.6 Å². The molecule has 0 saturated heterocycles. The first-order valence-corrected chi connectivity index (χ1v) is 10.3. The van der Waals surface area contributed by atoms with Gasteiger partial charge in [0.05, 0.1) is 18.8 Å². The number of ether oxygens (including phenoxy) is 1. The number of hydrogen-bond donors (Lipinski definition) is 0. The maximum absolute atomic E-state index is 7.50. The van der Waals surface area contributed by atoms with Crippen LogP contribution in [-0.2, 0) is 35.5 Å². The Balaban J connectivity index is -0.000000149. The topological polar surface area (TPSA) is 58.3 Å². The van der Waals surface area contributed by atoms with E-state index in [1.165, 1.54) is 0 Å². The first-order chi connectivity index (χ1) is 10.4. The van der Waals surface area contributed by atoms with Gasteiger partial charge in [-0.2, -0.15) is 0 Å². The van der Waals surface area contributed by atoms with Crippen molar-refractivity contribution in [1.29, 1.82) is 0 Å². The van der Waals surface area contributed by atoms with E-state index in [9.17, 15) is 0 Å². The van der Waals surface area contributed by atoms with Crippen molar-refractivity contribution in [3.05, 3.63) is 58.4 Å². The molecule has 0 heterocycles. The smallest absolute Gasteiger partial charge is 0 e. The van der Waals surface area contributed by atoms with E-state index in [-0.39, 0.29) is 29.3 Å². The van der Waals surface area contributed by atoms with Gasteiger partial charge in [-0.25, -0.2) is 0 Å². The molecule has 1 saturated carbocycles. The first-order valence-electron chi connectivity index (χ1n) is 6.88. The van der Waals surface area contributed by atoms with Gasteiger partial charge in [-0.05, 0) is 72.0 Å². The van der Waals surface area contributed by atoms with Crippen molar-refractivity contribution in [2.24, 2.45) is 0 Å². The molecule has 0 aliphatic heterocycles. The summed E-state index contributed by atoms with van der Waals surface area (Å²) in [5.41, 5.74) is 0. The van der Waals surface area contributed by atoms with E-state index in [0.717, 1.165) is 0 Å². The first kappa shape index (κ1) is 31.0. The van der Waals surface area contributed by atoms with E-state index in [1.807, 2.05) is 52.4 Å². The molecule has 2 atom stereocenters. The van der Waals surface area contributed by atoms with Crippen LogP contribution in [0, 0.1) is 58.4 Å². The van der Waals surface area contributed by atoms with Crippen LogP contribution in [0.3, 0.4) is 0 Å². The van der Waals surface area contributed by atoms with Crippen LogP contribution >= 0.6 is 0 Å². The van der Waals surface area contributed by atoms with Crippen molar-refractivity contribution >= 4 is 8.32 Å². The second-order valence-electron chi connectivity index (χ2n) is 5.21. The summed E-state index contributed by atoms with van der Waals surface area (Å²) in [4.78, 5) is 0. The molecule has 4 nitrogen and oxygen atoms in total. The van der Waals surface area contributed by atoms with Crippen LogP contribution in [0.2, 0.25) is 19.6 Å². The van der Waals surface area contributed by atoms with Gasteiger partial charge in [0.2, 0.25) is 0 Å². The van der Waals surface area contributed by atoms with E-state index < -0.39 is 8.32 Å². The third-order valence-electron chi connectivity index (χ3n) is 2.19. The Morgan fingerprint density at radius 1 is 0.870 bits per heavy atom. The van der Waals surface area contributed by atoms with Crippen molar-refractivity contribution in [3.8, 4) is 0 Å². The largest absolute Gasteiger partial charge is 0.0312 e. The summed E-state index contributed by atoms with van der Waals surface area (Å²) in [5, 5.41) is 0. The second-order valence-corrected chi connectivity index (χ2v) is 9.67. The number of hydrogen-bond acceptors (Lipinski definition) is 2. The fourth-order valence-corrected chi connectivity index (χ4v) is 2.59. The number of rotatable bonds is 6. The molecule has 1 rings (SSSR count). The normalized spacial score (nSPS) is 15.0. The molecular formula is C17H27FeO4Si. The molecule has 0 unspecified atom stereocenters. The molecular weight excluding hydrogens is 352 g/mol. The second kappa shape index (κ2) is 22.1. The third kappa shape index (κ3) is 27.3. The van der Waals surface area contributed by atoms with Gasteiger partial charge in [-0.3, -0.25) is 0 Å². The maximum Gasteiger partial charge on any atom is 0 e. The van der Waals surface area contributed by atoms with Crippen molar-refractivity contribution in [1.82, 2.24) is 0 Å². The fraction of sp³-hybridized carbons (Fsp3) is 0.471. The van der Waals surface area contributed by atoms with Gasteiger partial charge >= 0.3 is 22.6 Å². The molecule has 1 aliphatic rings. The minimum atomic E-state index is -1.43. The van der Waals surface area contributed by atoms with Crippen molar-refractivity contribution < 1.29 is 35.5 Å². The molecule has 7 radical (unpaired) electrons. The third-order valence-corrected chi connectivity index (χ3v) is 3.26. The summed E-state index contributed by atoms with van der Waals surface area (Å²) in [5.74, 6) is 0. The Morgan fingerprint density at radius 3 is 1.48 bits per heavy atom. The summed E-state index contributed by atoms with van der Waals surface area (Å²) in [6.45, 7) is 23.3. The van der Waals surface area contributed by atoms with Gasteiger partial charge in [-0.15, -0.1) is 0 Å². The van der Waals surface area contributed by atoms with Crippen molar-refractivity contribution in [3.63, 3.8) is 0 Å². The molecule has 1 aliphatic carbocycles. The van der Waals surface area contributed by atoms with Gasteiger partial charge in [-0.1, -0.05) is 6.92 Å². The van der Waals surface area contributed by atoms with Crippen molar-refractivity contribution in [2.75, 3.05) is 0 Å². The van der Waals surface area contributed by atoms with Crippen LogP contribution in [0.1, 0.15) is 20.8 Å². The predicted octanol–water partition coefficient (Wildman–Crippen LogP) is 3.96. The Hall–Kier alpha value is 0.136. The molecule has 1 fully saturated rings. The quantitative estimate of drug-likeness (QED) is 0.398. The Bertz CT molecular complexity index is 247. The Kier molecular flexibility index (Phi) is 29.8. The molecule has 0 aromatic rings. The van der Waals surface area contributed by atoms with Gasteiger partial charge in [0.25, 0.3) is 0 Å². The van der Waals surface area contributed by atoms with E-state index in [2.05, 4.69) is 39.9 Å². The van der Waals surface area contributed by atoms with Gasteiger partial charge in [0.15, 0.2) is 8.32 Å². The summed E-state index contributed by atoms with van der Waals surface area (Å²) in [6, 6.07) is 0. The Labute approximate surface area is 155 Å². The summed E-state index contributed by atoms with van der Waals surface area (Å²) >= 11 is 0. The summed E-state index contributed by atoms with van der Waals surface area (Å²) in [7, 11) is -1.43. The van der Waals surface area contributed by atoms with E-state index in [0.29, 0.717) is 0 Å². The van der Waals surface area contributed by atoms with Crippen LogP contribution in [-0.4, -0.2) is 20.5 Å². The minimum absolute atomic E-state index is 0. The van der Waals surface area contributed by atoms with Gasteiger partial charge in [0, 0.05) is 17.1 Å². The molecule has 6 heteroatoms. The Morgan fingerprint density at radius 2 is 1.22 bits per heavy atom. The predicted molar refractivity (Wildman–Crippen MR) is 88.1 cm³/mol. The van der Waals surface area contributed by atoms with E-state index in [4.69, 9.17) is 18.5 Å². The SMILES string of the molecule is C[CH][CH]O[C@H](C)[C@@H](C)O[Si](C)(C)C.[C-]#[O+].[C-]#[O+].[CH]1[CH][CH][CH][CH]1.[Fe]. The van der Waals surface area contributed by atoms with E-state index >= 15 is 0 Å². The van der Waals surface area contributed by atoms with Crippen LogP contribution in [0.25, 0.3) is 0 Å². The molecule has 0 N–H and O–H groups in total. The monoisotopic (exact) mass is 379 g/mol. The fourth-order valence-electron chi connectivity index (χ4n) is 1.29. The van der Waals surface area contributed by atoms with E-state index in [1.54, 1.807) is 6.61 Å². The van der Waals surface area contributed by atoms with Gasteiger partial charge < -0.3 is 9.16 Å². The molecule has 0 amide bonds. The van der Waals surface area contributed by atoms with Crippen LogP contribution in [0.4, 0.5) is 0 Å². The molecule has 0 bridgehead atoms. The molecule has 23 heavy (non-hydrogen) atoms. The summed E-state index contributed by atoms with van der Waals surface area (Å²) < 4.78 is 26.3. The molecule has 131 valence electrons. The molecule has 0 aromatic heterocycles. The van der Waals surface area contributed by atoms with Gasteiger partial charge in [0.1, 0.15) is 0 Å². The minimum Gasteiger partial charge on any atom is -0.0312 e. The molecule has 0 spiro atoms. The summed E-state index contributed by atoms with van der Waals surface area (Å²) in [6.07, 6.45) is 12.2. The zero-order valence-electron chi connectivity index (χ0n) is 14.7. The maximum atomic E-state index is 7.50. The van der Waals surface area contributed by atoms with Crippen LogP contribution in [0.5, 0.6) is 0 Å². The average molecular weight is 379 g/mol. The zero-order valence-corrected chi connectivity index (χ0v) is 16.8. The zero-order chi connectivity index (χ0) is 18.0. The van der Waals surface area contributed by atoms with Crippen LogP contribution < -0.4 is 0 Å². The standard InChI is InChI=1S/C10H22O2Si.C5H5.2CO.Fe/c1-7-8-11-9(2)10(3)12-13(4,5)6;1-2-4-5-3-1;2*1-2;/h7-10H,1-6H3;1-5H;;;/t9-,10-;;;;/m1..../s1. The van der Waals surface area contributed by atoms with Crippen LogP contribution in [0.15, 0.2) is 0 Å². The molecule has 0 aromatic carbocycles.